The van der Waals surface area contributed by atoms with Crippen molar-refractivity contribution in [2.75, 3.05) is 40.9 Å². The summed E-state index contributed by atoms with van der Waals surface area (Å²) in [5.74, 6) is -0.207. The minimum absolute atomic E-state index is 0.00764. The Balaban J connectivity index is 3.89. The van der Waals surface area contributed by atoms with Crippen molar-refractivity contribution in [3.8, 4) is 0 Å². The van der Waals surface area contributed by atoms with E-state index < -0.39 is 26.6 Å². The Morgan fingerprint density at radius 1 is 0.472 bits per heavy atom. The first-order valence-corrected chi connectivity index (χ1v) is 32.8. The Kier molecular flexibility index (Phi) is 53.5. The first-order chi connectivity index (χ1) is 35.0. The minimum atomic E-state index is -4.60. The van der Waals surface area contributed by atoms with Gasteiger partial charge in [0, 0.05) is 6.42 Å². The van der Waals surface area contributed by atoms with Crippen LogP contribution in [0.4, 0.5) is 0 Å². The zero-order valence-corrected chi connectivity index (χ0v) is 49.5. The summed E-state index contributed by atoms with van der Waals surface area (Å²) in [6.45, 7) is 4.62. The van der Waals surface area contributed by atoms with Gasteiger partial charge in [-0.15, -0.1) is 0 Å². The van der Waals surface area contributed by atoms with Crippen LogP contribution in [-0.2, 0) is 18.4 Å². The van der Waals surface area contributed by atoms with Gasteiger partial charge in [0.25, 0.3) is 7.82 Å². The molecule has 0 spiro atoms. The molecule has 0 aliphatic rings. The molecule has 0 aliphatic carbocycles. The number of carbonyl (C=O) groups excluding carboxylic acids is 1. The van der Waals surface area contributed by atoms with E-state index in [2.05, 4.69) is 43.5 Å². The van der Waals surface area contributed by atoms with E-state index in [4.69, 9.17) is 9.05 Å². The molecule has 0 aromatic heterocycles. The maximum absolute atomic E-state index is 12.9. The summed E-state index contributed by atoms with van der Waals surface area (Å²) in [7, 11) is 1.24. The highest BCUT2D eigenvalue weighted by Crippen LogP contribution is 2.38. The second-order valence-corrected chi connectivity index (χ2v) is 24.2. The van der Waals surface area contributed by atoms with Crippen LogP contribution in [0.1, 0.15) is 309 Å². The first-order valence-electron chi connectivity index (χ1n) is 31.4. The molecule has 0 bridgehead atoms. The lowest BCUT2D eigenvalue weighted by Gasteiger charge is -2.29. The fourth-order valence-corrected chi connectivity index (χ4v) is 10.1. The largest absolute Gasteiger partial charge is 0.756 e. The summed E-state index contributed by atoms with van der Waals surface area (Å²) < 4.78 is 23.3. The number of allylic oxidation sites excluding steroid dienone is 5. The number of amides is 1. The summed E-state index contributed by atoms with van der Waals surface area (Å²) in [6, 6.07) is -0.907. The average molecular weight is 1040 g/mol. The number of phosphoric ester groups is 1. The smallest absolute Gasteiger partial charge is 0.268 e. The number of phosphoric acid groups is 1. The number of rotatable bonds is 58. The molecule has 0 heterocycles. The molecule has 9 heteroatoms. The van der Waals surface area contributed by atoms with Gasteiger partial charge in [-0.2, -0.15) is 0 Å². The van der Waals surface area contributed by atoms with Crippen molar-refractivity contribution < 1.29 is 32.9 Å². The number of hydrogen-bond donors (Lipinski definition) is 2. The third-order valence-electron chi connectivity index (χ3n) is 14.3. The van der Waals surface area contributed by atoms with Crippen LogP contribution in [0.3, 0.4) is 0 Å². The molecule has 0 fully saturated rings. The van der Waals surface area contributed by atoms with E-state index >= 15 is 0 Å². The molecular formula is C63H123N2O6P. The molecule has 72 heavy (non-hydrogen) atoms. The SMILES string of the molecule is CCCCC/C=C/CC/C=C/CC/C=C/C(O)C(COP(=O)([O-])OCC[N+](C)(C)C)NC(=O)CCCCCCCCCCCCCCCCCCCCCCCCCCCCCCCCCCCCCCC. The predicted octanol–water partition coefficient (Wildman–Crippen LogP) is 18.7. The highest BCUT2D eigenvalue weighted by atomic mass is 31.2. The number of nitrogens with zero attached hydrogens (tertiary/aromatic N) is 1. The van der Waals surface area contributed by atoms with Gasteiger partial charge in [-0.25, -0.2) is 0 Å². The highest BCUT2D eigenvalue weighted by Gasteiger charge is 2.23. The Labute approximate surface area is 448 Å². The average Bonchev–Trinajstić information content (AvgIpc) is 3.34. The van der Waals surface area contributed by atoms with Crippen molar-refractivity contribution in [2.24, 2.45) is 0 Å². The predicted molar refractivity (Wildman–Crippen MR) is 311 cm³/mol. The Morgan fingerprint density at radius 3 is 1.12 bits per heavy atom. The number of aliphatic hydroxyl groups excluding tert-OH is 1. The van der Waals surface area contributed by atoms with Gasteiger partial charge in [0.15, 0.2) is 0 Å². The summed E-state index contributed by atoms with van der Waals surface area (Å²) >= 11 is 0. The molecule has 0 radical (unpaired) electrons. The number of aliphatic hydroxyl groups is 1. The van der Waals surface area contributed by atoms with E-state index in [-0.39, 0.29) is 12.5 Å². The molecule has 0 aliphatic heterocycles. The normalized spacial score (nSPS) is 14.0. The lowest BCUT2D eigenvalue weighted by molar-refractivity contribution is -0.870. The van der Waals surface area contributed by atoms with Crippen molar-refractivity contribution in [2.45, 2.75) is 321 Å². The topological polar surface area (TPSA) is 108 Å². The molecule has 0 rings (SSSR count). The zero-order valence-electron chi connectivity index (χ0n) is 48.6. The zero-order chi connectivity index (χ0) is 52.7. The van der Waals surface area contributed by atoms with Gasteiger partial charge >= 0.3 is 0 Å². The number of nitrogens with one attached hydrogen (secondary N) is 1. The Hall–Kier alpha value is -1.28. The third kappa shape index (κ3) is 56.4. The van der Waals surface area contributed by atoms with Crippen molar-refractivity contribution in [3.63, 3.8) is 0 Å². The highest BCUT2D eigenvalue weighted by molar-refractivity contribution is 7.45. The van der Waals surface area contributed by atoms with Crippen LogP contribution in [0.2, 0.25) is 0 Å². The maximum atomic E-state index is 12.9. The summed E-state index contributed by atoms with van der Waals surface area (Å²) in [5, 5.41) is 13.8. The molecule has 0 saturated heterocycles. The number of unbranched alkanes of at least 4 members (excludes halogenated alkanes) is 41. The number of likely N-dealkylation sites (N-methyl/N-ethyl adjacent to an activating group) is 1. The van der Waals surface area contributed by atoms with Crippen LogP contribution < -0.4 is 10.2 Å². The molecule has 3 atom stereocenters. The second kappa shape index (κ2) is 54.5. The maximum Gasteiger partial charge on any atom is 0.268 e. The van der Waals surface area contributed by atoms with Crippen LogP contribution in [0.5, 0.6) is 0 Å². The van der Waals surface area contributed by atoms with E-state index in [1.54, 1.807) is 6.08 Å². The first kappa shape index (κ1) is 70.7. The number of quaternary nitrogens is 1. The molecule has 1 amide bonds. The Morgan fingerprint density at radius 2 is 0.778 bits per heavy atom. The van der Waals surface area contributed by atoms with Gasteiger partial charge in [-0.05, 0) is 44.9 Å². The van der Waals surface area contributed by atoms with Gasteiger partial charge < -0.3 is 28.8 Å². The molecule has 3 unspecified atom stereocenters. The van der Waals surface area contributed by atoms with Gasteiger partial charge in [0.05, 0.1) is 39.9 Å². The number of carbonyl (C=O) groups is 1. The van der Waals surface area contributed by atoms with Crippen molar-refractivity contribution >= 4 is 13.7 Å². The standard InChI is InChI=1S/C63H123N2O6P/c1-6-8-10-12-14-16-18-20-21-22-23-24-25-26-27-28-29-30-31-32-33-34-35-36-37-38-39-40-41-42-43-45-47-49-51-53-55-57-63(67)64-61(60-71-72(68,69)70-59-58-65(3,4)5)62(66)56-54-52-50-48-46-44-19-17-15-13-11-9-7-2/h15,17,46,48,54,56,61-62,66H,6-14,16,18-45,47,49-53,55,57-60H2,1-5H3,(H-,64,67,68,69)/b17-15+,48-46+,56-54+. The van der Waals surface area contributed by atoms with Gasteiger partial charge in [0.2, 0.25) is 5.91 Å². The van der Waals surface area contributed by atoms with Crippen LogP contribution >= 0.6 is 7.82 Å². The summed E-state index contributed by atoms with van der Waals surface area (Å²) in [6.07, 6.45) is 71.4. The van der Waals surface area contributed by atoms with Crippen molar-refractivity contribution in [1.29, 1.82) is 0 Å². The summed E-state index contributed by atoms with van der Waals surface area (Å²) in [5.41, 5.74) is 0. The van der Waals surface area contributed by atoms with Crippen LogP contribution in [0.15, 0.2) is 36.5 Å². The molecular weight excluding hydrogens is 912 g/mol. The fraction of sp³-hybridized carbons (Fsp3) is 0.889. The fourth-order valence-electron chi connectivity index (χ4n) is 9.42. The van der Waals surface area contributed by atoms with E-state index in [1.165, 1.54) is 238 Å². The van der Waals surface area contributed by atoms with Gasteiger partial charge in [-0.1, -0.05) is 294 Å². The molecule has 8 nitrogen and oxygen atoms in total. The number of hydrogen-bond acceptors (Lipinski definition) is 6. The lowest BCUT2D eigenvalue weighted by atomic mass is 10.0. The van der Waals surface area contributed by atoms with Crippen LogP contribution in [-0.4, -0.2) is 68.5 Å². The quantitative estimate of drug-likeness (QED) is 0.0272. The van der Waals surface area contributed by atoms with Crippen molar-refractivity contribution in [3.05, 3.63) is 36.5 Å². The van der Waals surface area contributed by atoms with E-state index in [9.17, 15) is 19.4 Å². The van der Waals surface area contributed by atoms with Crippen LogP contribution in [0.25, 0.3) is 0 Å². The third-order valence-corrected chi connectivity index (χ3v) is 15.3. The molecule has 0 saturated carbocycles. The van der Waals surface area contributed by atoms with E-state index in [1.807, 2.05) is 27.2 Å². The van der Waals surface area contributed by atoms with Gasteiger partial charge in [-0.3, -0.25) is 9.36 Å². The molecule has 426 valence electrons. The lowest BCUT2D eigenvalue weighted by Crippen LogP contribution is -2.45. The van der Waals surface area contributed by atoms with E-state index in [0.29, 0.717) is 17.4 Å². The molecule has 2 N–H and O–H groups in total. The monoisotopic (exact) mass is 1030 g/mol. The molecule has 0 aromatic rings. The van der Waals surface area contributed by atoms with Crippen molar-refractivity contribution in [1.82, 2.24) is 5.32 Å². The Bertz CT molecular complexity index is 1270. The second-order valence-electron chi connectivity index (χ2n) is 22.8. The molecule has 0 aromatic carbocycles. The van der Waals surface area contributed by atoms with Crippen LogP contribution in [0, 0.1) is 0 Å². The summed E-state index contributed by atoms with van der Waals surface area (Å²) in [4.78, 5) is 25.4. The van der Waals surface area contributed by atoms with Gasteiger partial charge in [0.1, 0.15) is 13.2 Å². The minimum Gasteiger partial charge on any atom is -0.756 e. The van der Waals surface area contributed by atoms with E-state index in [0.717, 1.165) is 51.4 Å².